The molecule has 38 heavy (non-hydrogen) atoms. The van der Waals surface area contributed by atoms with Crippen molar-refractivity contribution >= 4 is 23.5 Å². The summed E-state index contributed by atoms with van der Waals surface area (Å²) in [5, 5.41) is 11.6. The summed E-state index contributed by atoms with van der Waals surface area (Å²) in [4.78, 5) is 46.8. The molecule has 1 aromatic carbocycles. The SMILES string of the molecule is CCOC(=O)N1CCC(N2C(=O)C(=O)/C(=C(/O)c3cc(C(C)C)c(OC)cc3C)C2c2ccccn2)CC1. The molecule has 2 saturated heterocycles. The molecule has 0 bridgehead atoms. The Morgan fingerprint density at radius 3 is 2.47 bits per heavy atom. The number of carbonyl (C=O) groups is 3. The first-order valence-corrected chi connectivity index (χ1v) is 13.0. The number of pyridine rings is 1. The molecule has 1 atom stereocenters. The van der Waals surface area contributed by atoms with Crippen LogP contribution in [0.15, 0.2) is 42.1 Å². The van der Waals surface area contributed by atoms with Crippen molar-refractivity contribution in [1.29, 1.82) is 0 Å². The van der Waals surface area contributed by atoms with Gasteiger partial charge in [0.25, 0.3) is 11.7 Å². The zero-order valence-corrected chi connectivity index (χ0v) is 22.6. The maximum Gasteiger partial charge on any atom is 0.409 e. The predicted octanol–water partition coefficient (Wildman–Crippen LogP) is 4.56. The molecule has 1 aromatic heterocycles. The topological polar surface area (TPSA) is 109 Å². The Balaban J connectivity index is 1.79. The van der Waals surface area contributed by atoms with Crippen molar-refractivity contribution in [3.05, 3.63) is 64.5 Å². The maximum atomic E-state index is 13.5. The molecule has 2 amide bonds. The van der Waals surface area contributed by atoms with Crippen LogP contribution in [0, 0.1) is 6.92 Å². The molecule has 1 N–H and O–H groups in total. The van der Waals surface area contributed by atoms with Crippen LogP contribution in [0.25, 0.3) is 5.76 Å². The minimum absolute atomic E-state index is 0.0181. The van der Waals surface area contributed by atoms with Gasteiger partial charge < -0.3 is 24.4 Å². The number of nitrogens with zero attached hydrogens (tertiary/aromatic N) is 3. The number of carbonyl (C=O) groups excluding carboxylic acids is 3. The second kappa shape index (κ2) is 11.2. The number of aryl methyl sites for hydroxylation is 1. The number of likely N-dealkylation sites (tertiary alicyclic amines) is 2. The van der Waals surface area contributed by atoms with Crippen LogP contribution in [0.5, 0.6) is 5.75 Å². The third-order valence-corrected chi connectivity index (χ3v) is 7.29. The summed E-state index contributed by atoms with van der Waals surface area (Å²) in [7, 11) is 1.60. The molecule has 2 aliphatic rings. The Morgan fingerprint density at radius 1 is 1.18 bits per heavy atom. The molecular weight excluding hydrogens is 486 g/mol. The minimum atomic E-state index is -0.848. The van der Waals surface area contributed by atoms with Crippen LogP contribution in [-0.4, -0.2) is 70.5 Å². The number of ketones is 1. The number of amides is 2. The number of aromatic nitrogens is 1. The summed E-state index contributed by atoms with van der Waals surface area (Å²) in [6.07, 6.45) is 2.18. The number of methoxy groups -OCH3 is 1. The molecule has 4 rings (SSSR count). The molecule has 1 unspecified atom stereocenters. The van der Waals surface area contributed by atoms with Gasteiger partial charge in [0, 0.05) is 30.9 Å². The lowest BCUT2D eigenvalue weighted by atomic mass is 9.91. The average molecular weight is 522 g/mol. The number of hydrogen-bond donors (Lipinski definition) is 1. The van der Waals surface area contributed by atoms with Crippen molar-refractivity contribution < 1.29 is 29.0 Å². The van der Waals surface area contributed by atoms with Crippen LogP contribution >= 0.6 is 0 Å². The molecule has 3 heterocycles. The van der Waals surface area contributed by atoms with Gasteiger partial charge in [0.2, 0.25) is 0 Å². The number of rotatable bonds is 6. The minimum Gasteiger partial charge on any atom is -0.507 e. The molecule has 0 spiro atoms. The van der Waals surface area contributed by atoms with Gasteiger partial charge in [-0.25, -0.2) is 4.79 Å². The smallest absolute Gasteiger partial charge is 0.409 e. The van der Waals surface area contributed by atoms with Gasteiger partial charge in [-0.15, -0.1) is 0 Å². The largest absolute Gasteiger partial charge is 0.507 e. The van der Waals surface area contributed by atoms with Gasteiger partial charge in [0.05, 0.1) is 25.0 Å². The highest BCUT2D eigenvalue weighted by Crippen LogP contribution is 2.43. The fraction of sp³-hybridized carbons (Fsp3) is 0.448. The number of piperidine rings is 1. The standard InChI is InChI=1S/C29H35N3O6/c1-6-38-29(36)31-13-10-19(11-14-31)32-25(22-9-7-8-12-30-22)24(27(34)28(32)35)26(33)21-16-20(17(2)3)23(37-5)15-18(21)4/h7-9,12,15-17,19,25,33H,6,10-11,13-14H2,1-5H3/b26-24+. The Hall–Kier alpha value is -3.88. The highest BCUT2D eigenvalue weighted by Gasteiger charge is 2.50. The summed E-state index contributed by atoms with van der Waals surface area (Å²) in [6, 6.07) is 7.82. The first kappa shape index (κ1) is 27.2. The van der Waals surface area contributed by atoms with Gasteiger partial charge in [-0.3, -0.25) is 14.6 Å². The van der Waals surface area contributed by atoms with E-state index in [1.54, 1.807) is 48.2 Å². The van der Waals surface area contributed by atoms with Crippen molar-refractivity contribution in [1.82, 2.24) is 14.8 Å². The van der Waals surface area contributed by atoms with Crippen LogP contribution in [0.2, 0.25) is 0 Å². The maximum absolute atomic E-state index is 13.5. The Bertz CT molecular complexity index is 1250. The van der Waals surface area contributed by atoms with Gasteiger partial charge >= 0.3 is 6.09 Å². The molecule has 9 nitrogen and oxygen atoms in total. The third-order valence-electron chi connectivity index (χ3n) is 7.29. The van der Waals surface area contributed by atoms with E-state index in [-0.39, 0.29) is 36.0 Å². The van der Waals surface area contributed by atoms with E-state index in [9.17, 15) is 19.5 Å². The van der Waals surface area contributed by atoms with Crippen molar-refractivity contribution in [2.24, 2.45) is 0 Å². The van der Waals surface area contributed by atoms with Crippen LogP contribution in [-0.2, 0) is 14.3 Å². The lowest BCUT2D eigenvalue weighted by molar-refractivity contribution is -0.142. The Morgan fingerprint density at radius 2 is 1.89 bits per heavy atom. The number of hydrogen-bond acceptors (Lipinski definition) is 7. The van der Waals surface area contributed by atoms with E-state index in [1.807, 2.05) is 32.9 Å². The Labute approximate surface area is 223 Å². The summed E-state index contributed by atoms with van der Waals surface area (Å²) >= 11 is 0. The summed E-state index contributed by atoms with van der Waals surface area (Å²) < 4.78 is 10.7. The van der Waals surface area contributed by atoms with E-state index >= 15 is 0 Å². The van der Waals surface area contributed by atoms with E-state index in [4.69, 9.17) is 9.47 Å². The van der Waals surface area contributed by atoms with E-state index in [0.717, 1.165) is 11.1 Å². The lowest BCUT2D eigenvalue weighted by Crippen LogP contribution is -2.48. The first-order valence-electron chi connectivity index (χ1n) is 13.0. The van der Waals surface area contributed by atoms with Crippen molar-refractivity contribution in [3.63, 3.8) is 0 Å². The molecule has 202 valence electrons. The Kier molecular flexibility index (Phi) is 8.04. The van der Waals surface area contributed by atoms with Crippen LogP contribution < -0.4 is 4.74 Å². The molecule has 0 aliphatic carbocycles. The van der Waals surface area contributed by atoms with E-state index < -0.39 is 17.7 Å². The van der Waals surface area contributed by atoms with Gasteiger partial charge in [-0.1, -0.05) is 19.9 Å². The fourth-order valence-corrected chi connectivity index (χ4v) is 5.32. The average Bonchev–Trinajstić information content (AvgIpc) is 3.18. The third kappa shape index (κ3) is 4.97. The van der Waals surface area contributed by atoms with Gasteiger partial charge in [-0.05, 0) is 68.0 Å². The van der Waals surface area contributed by atoms with Gasteiger partial charge in [0.1, 0.15) is 17.6 Å². The zero-order valence-electron chi connectivity index (χ0n) is 22.6. The number of Topliss-reactive ketones (excluding diaryl/α,β-unsaturated/α-hetero) is 1. The fourth-order valence-electron chi connectivity index (χ4n) is 5.32. The van der Waals surface area contributed by atoms with Gasteiger partial charge in [-0.2, -0.15) is 0 Å². The monoisotopic (exact) mass is 521 g/mol. The second-order valence-electron chi connectivity index (χ2n) is 9.94. The molecule has 9 heteroatoms. The molecule has 0 radical (unpaired) electrons. The van der Waals surface area contributed by atoms with Crippen molar-refractivity contribution in [3.8, 4) is 5.75 Å². The quantitative estimate of drug-likeness (QED) is 0.337. The van der Waals surface area contributed by atoms with Crippen LogP contribution in [0.1, 0.15) is 68.0 Å². The van der Waals surface area contributed by atoms with Gasteiger partial charge in [0.15, 0.2) is 0 Å². The van der Waals surface area contributed by atoms with Crippen molar-refractivity contribution in [2.75, 3.05) is 26.8 Å². The summed E-state index contributed by atoms with van der Waals surface area (Å²) in [5.41, 5.74) is 2.60. The number of aliphatic hydroxyl groups excluding tert-OH is 1. The van der Waals surface area contributed by atoms with E-state index in [2.05, 4.69) is 4.98 Å². The summed E-state index contributed by atoms with van der Waals surface area (Å²) in [6.45, 7) is 8.72. The van der Waals surface area contributed by atoms with Crippen LogP contribution in [0.3, 0.4) is 0 Å². The molecular formula is C29H35N3O6. The normalized spacial score (nSPS) is 19.8. The number of aliphatic hydroxyl groups is 1. The van der Waals surface area contributed by atoms with E-state index in [1.165, 1.54) is 0 Å². The van der Waals surface area contributed by atoms with Crippen molar-refractivity contribution in [2.45, 2.75) is 58.5 Å². The highest BCUT2D eigenvalue weighted by atomic mass is 16.6. The number of benzene rings is 1. The molecule has 2 aromatic rings. The highest BCUT2D eigenvalue weighted by molar-refractivity contribution is 6.46. The lowest BCUT2D eigenvalue weighted by Gasteiger charge is -2.38. The second-order valence-corrected chi connectivity index (χ2v) is 9.94. The number of ether oxygens (including phenoxy) is 2. The first-order chi connectivity index (χ1) is 18.2. The van der Waals surface area contributed by atoms with E-state index in [0.29, 0.717) is 42.9 Å². The zero-order chi connectivity index (χ0) is 27.6. The predicted molar refractivity (Wildman–Crippen MR) is 142 cm³/mol. The molecule has 2 aliphatic heterocycles. The van der Waals surface area contributed by atoms with Crippen LogP contribution in [0.4, 0.5) is 4.79 Å². The summed E-state index contributed by atoms with van der Waals surface area (Å²) in [5.74, 6) is -0.841. The molecule has 0 saturated carbocycles. The molecule has 2 fully saturated rings.